The van der Waals surface area contributed by atoms with Gasteiger partial charge in [-0.05, 0) is 24.2 Å². The molecule has 0 radical (unpaired) electrons. The third kappa shape index (κ3) is 6.34. The van der Waals surface area contributed by atoms with E-state index in [0.29, 0.717) is 11.3 Å². The molecule has 0 aliphatic carbocycles. The molecule has 0 aromatic rings. The van der Waals surface area contributed by atoms with Gasteiger partial charge in [-0.1, -0.05) is 27.2 Å². The first-order valence-electron chi connectivity index (χ1n) is 5.07. The van der Waals surface area contributed by atoms with Gasteiger partial charge in [0.05, 0.1) is 0 Å². The van der Waals surface area contributed by atoms with Crippen molar-refractivity contribution in [2.24, 2.45) is 11.3 Å². The molecule has 0 aliphatic heterocycles. The van der Waals surface area contributed by atoms with Crippen molar-refractivity contribution in [3.8, 4) is 0 Å². The average molecular weight is 207 g/mol. The largest absolute Gasteiger partial charge is 0.385 e. The highest BCUT2D eigenvalue weighted by molar-refractivity contribution is 6.18. The zero-order valence-electron chi connectivity index (χ0n) is 9.40. The molecule has 0 heterocycles. The number of hydrogen-bond donors (Lipinski definition) is 0. The van der Waals surface area contributed by atoms with E-state index in [2.05, 4.69) is 20.8 Å². The summed E-state index contributed by atoms with van der Waals surface area (Å²) >= 11 is 5.93. The van der Waals surface area contributed by atoms with E-state index in [9.17, 15) is 0 Å². The Morgan fingerprint density at radius 1 is 1.23 bits per heavy atom. The van der Waals surface area contributed by atoms with Crippen molar-refractivity contribution in [1.82, 2.24) is 0 Å². The third-order valence-electron chi connectivity index (χ3n) is 2.56. The lowest BCUT2D eigenvalue weighted by Crippen LogP contribution is -2.21. The Morgan fingerprint density at radius 3 is 2.23 bits per heavy atom. The molecule has 0 rings (SSSR count). The molecule has 0 bridgehead atoms. The lowest BCUT2D eigenvalue weighted by atomic mass is 9.79. The second kappa shape index (κ2) is 6.67. The first-order chi connectivity index (χ1) is 6.02. The Labute approximate surface area is 87.8 Å². The van der Waals surface area contributed by atoms with Crippen LogP contribution in [0.3, 0.4) is 0 Å². The van der Waals surface area contributed by atoms with Crippen LogP contribution in [0.2, 0.25) is 0 Å². The van der Waals surface area contributed by atoms with Crippen LogP contribution in [0.25, 0.3) is 0 Å². The summed E-state index contributed by atoms with van der Waals surface area (Å²) in [6.45, 7) is 7.66. The fraction of sp³-hybridized carbons (Fsp3) is 1.00. The molecule has 0 saturated carbocycles. The van der Waals surface area contributed by atoms with Gasteiger partial charge in [0, 0.05) is 19.6 Å². The maximum Gasteiger partial charge on any atom is 0.0462 e. The van der Waals surface area contributed by atoms with E-state index in [4.69, 9.17) is 16.3 Å². The summed E-state index contributed by atoms with van der Waals surface area (Å²) in [5.74, 6) is 1.40. The van der Waals surface area contributed by atoms with Crippen molar-refractivity contribution < 1.29 is 4.74 Å². The van der Waals surface area contributed by atoms with Gasteiger partial charge in [-0.15, -0.1) is 11.6 Å². The number of alkyl halides is 1. The van der Waals surface area contributed by atoms with Crippen molar-refractivity contribution >= 4 is 11.6 Å². The van der Waals surface area contributed by atoms with E-state index in [-0.39, 0.29) is 0 Å². The van der Waals surface area contributed by atoms with E-state index in [1.165, 1.54) is 12.8 Å². The predicted molar refractivity (Wildman–Crippen MR) is 59.4 cm³/mol. The molecule has 0 aliphatic rings. The summed E-state index contributed by atoms with van der Waals surface area (Å²) in [6.07, 6.45) is 3.60. The fourth-order valence-corrected chi connectivity index (χ4v) is 2.00. The second-order valence-electron chi connectivity index (χ2n) is 4.71. The lowest BCUT2D eigenvalue weighted by molar-refractivity contribution is 0.182. The molecule has 2 heteroatoms. The molecule has 0 aromatic heterocycles. The van der Waals surface area contributed by atoms with Crippen LogP contribution in [-0.4, -0.2) is 19.6 Å². The predicted octanol–water partition coefficient (Wildman–Crippen LogP) is 3.70. The number of halogens is 1. The van der Waals surface area contributed by atoms with Crippen LogP contribution < -0.4 is 0 Å². The average Bonchev–Trinajstić information content (AvgIpc) is 2.02. The van der Waals surface area contributed by atoms with Gasteiger partial charge in [0.25, 0.3) is 0 Å². The van der Waals surface area contributed by atoms with Crippen molar-refractivity contribution in [2.75, 3.05) is 19.6 Å². The first kappa shape index (κ1) is 13.2. The molecule has 1 nitrogen and oxygen atoms in total. The van der Waals surface area contributed by atoms with Gasteiger partial charge in [0.15, 0.2) is 0 Å². The quantitative estimate of drug-likeness (QED) is 0.476. The number of unbranched alkanes of at least 4 members (excludes halogenated alkanes) is 1. The van der Waals surface area contributed by atoms with Crippen LogP contribution in [0.15, 0.2) is 0 Å². The molecule has 0 aromatic carbocycles. The summed E-state index contributed by atoms with van der Waals surface area (Å²) in [5, 5.41) is 0. The normalized spacial score (nSPS) is 14.5. The van der Waals surface area contributed by atoms with Gasteiger partial charge < -0.3 is 4.74 Å². The maximum absolute atomic E-state index is 5.93. The molecule has 0 N–H and O–H groups in total. The van der Waals surface area contributed by atoms with Crippen LogP contribution >= 0.6 is 11.6 Å². The molecule has 0 saturated heterocycles. The number of ether oxygens (including phenoxy) is 1. The number of hydrogen-bond acceptors (Lipinski definition) is 1. The highest BCUT2D eigenvalue weighted by atomic mass is 35.5. The standard InChI is InChI=1S/C11H23ClO/c1-11(2,3)10(9-12)7-5-6-8-13-4/h10H,5-9H2,1-4H3. The molecule has 0 amide bonds. The second-order valence-corrected chi connectivity index (χ2v) is 5.01. The van der Waals surface area contributed by atoms with Crippen LogP contribution in [0.4, 0.5) is 0 Å². The Hall–Kier alpha value is 0.250. The van der Waals surface area contributed by atoms with Gasteiger partial charge in [-0.25, -0.2) is 0 Å². The highest BCUT2D eigenvalue weighted by Crippen LogP contribution is 2.30. The minimum Gasteiger partial charge on any atom is -0.385 e. The van der Waals surface area contributed by atoms with Gasteiger partial charge in [0.2, 0.25) is 0 Å². The number of methoxy groups -OCH3 is 1. The third-order valence-corrected chi connectivity index (χ3v) is 2.93. The van der Waals surface area contributed by atoms with Gasteiger partial charge in [0.1, 0.15) is 0 Å². The van der Waals surface area contributed by atoms with Crippen molar-refractivity contribution in [3.05, 3.63) is 0 Å². The van der Waals surface area contributed by atoms with Crippen molar-refractivity contribution in [3.63, 3.8) is 0 Å². The van der Waals surface area contributed by atoms with E-state index in [0.717, 1.165) is 18.9 Å². The SMILES string of the molecule is COCCCCC(CCl)C(C)(C)C. The monoisotopic (exact) mass is 206 g/mol. The lowest BCUT2D eigenvalue weighted by Gasteiger charge is -2.28. The van der Waals surface area contributed by atoms with Crippen LogP contribution in [-0.2, 0) is 4.74 Å². The minimum atomic E-state index is 0.342. The summed E-state index contributed by atoms with van der Waals surface area (Å²) in [5.41, 5.74) is 0.342. The van der Waals surface area contributed by atoms with Gasteiger partial charge in [-0.2, -0.15) is 0 Å². The summed E-state index contributed by atoms with van der Waals surface area (Å²) in [7, 11) is 1.75. The zero-order chi connectivity index (χ0) is 10.3. The summed E-state index contributed by atoms with van der Waals surface area (Å²) in [4.78, 5) is 0. The molecule has 0 spiro atoms. The van der Waals surface area contributed by atoms with Gasteiger partial charge >= 0.3 is 0 Å². The Kier molecular flexibility index (Phi) is 6.79. The van der Waals surface area contributed by atoms with Crippen LogP contribution in [0.5, 0.6) is 0 Å². The molecule has 1 atom stereocenters. The summed E-state index contributed by atoms with van der Waals surface area (Å²) in [6, 6.07) is 0. The zero-order valence-corrected chi connectivity index (χ0v) is 10.2. The van der Waals surface area contributed by atoms with Gasteiger partial charge in [-0.3, -0.25) is 0 Å². The van der Waals surface area contributed by atoms with Crippen LogP contribution in [0.1, 0.15) is 40.0 Å². The Morgan fingerprint density at radius 2 is 1.85 bits per heavy atom. The molecular weight excluding hydrogens is 184 g/mol. The van der Waals surface area contributed by atoms with Crippen molar-refractivity contribution in [2.45, 2.75) is 40.0 Å². The maximum atomic E-state index is 5.93. The summed E-state index contributed by atoms with van der Waals surface area (Å²) < 4.78 is 5.01. The van der Waals surface area contributed by atoms with E-state index >= 15 is 0 Å². The Bertz CT molecular complexity index is 118. The van der Waals surface area contributed by atoms with E-state index in [1.807, 2.05) is 0 Å². The fourth-order valence-electron chi connectivity index (χ4n) is 1.38. The van der Waals surface area contributed by atoms with E-state index in [1.54, 1.807) is 7.11 Å². The molecular formula is C11H23ClO. The first-order valence-corrected chi connectivity index (χ1v) is 5.60. The number of rotatable bonds is 6. The topological polar surface area (TPSA) is 9.23 Å². The Balaban J connectivity index is 3.61. The smallest absolute Gasteiger partial charge is 0.0462 e. The van der Waals surface area contributed by atoms with Crippen LogP contribution in [0, 0.1) is 11.3 Å². The molecule has 0 fully saturated rings. The van der Waals surface area contributed by atoms with Crippen molar-refractivity contribution in [1.29, 1.82) is 0 Å². The minimum absolute atomic E-state index is 0.342. The molecule has 80 valence electrons. The molecule has 1 unspecified atom stereocenters. The molecule has 13 heavy (non-hydrogen) atoms. The highest BCUT2D eigenvalue weighted by Gasteiger charge is 2.22. The van der Waals surface area contributed by atoms with E-state index < -0.39 is 0 Å².